The van der Waals surface area contributed by atoms with Crippen LogP contribution in [0.1, 0.15) is 47.5 Å². The Balaban J connectivity index is 2.08. The normalized spacial score (nSPS) is 13.4. The molecule has 9 nitrogen and oxygen atoms in total. The number of esters is 1. The van der Waals surface area contributed by atoms with Crippen molar-refractivity contribution in [1.29, 1.82) is 0 Å². The minimum Gasteiger partial charge on any atom is -0.466 e. The topological polar surface area (TPSA) is 139 Å². The first kappa shape index (κ1) is 26.6. The summed E-state index contributed by atoms with van der Waals surface area (Å²) in [5, 5.41) is 6.63. The SMILES string of the molecule is CCOC(=O)CCCNC(=O)C(NC(=O)/C(C(C)=Nc1ccc2cc[nH]c2c1)=C(\C)N)C(C)C. The number of nitrogens with two attached hydrogens (primary N) is 1. The number of aromatic nitrogens is 1. The number of aliphatic imine (C=N–C) groups is 1. The van der Waals surface area contributed by atoms with Crippen molar-refractivity contribution in [3.63, 3.8) is 0 Å². The Kier molecular flexibility index (Phi) is 9.85. The molecule has 0 radical (unpaired) electrons. The molecule has 0 aliphatic rings. The Bertz CT molecular complexity index is 1080. The van der Waals surface area contributed by atoms with Gasteiger partial charge in [0.15, 0.2) is 0 Å². The summed E-state index contributed by atoms with van der Waals surface area (Å²) < 4.78 is 4.88. The van der Waals surface area contributed by atoms with Gasteiger partial charge in [-0.2, -0.15) is 0 Å². The van der Waals surface area contributed by atoms with E-state index in [1.54, 1.807) is 20.8 Å². The van der Waals surface area contributed by atoms with E-state index in [9.17, 15) is 14.4 Å². The third kappa shape index (κ3) is 7.47. The molecule has 2 rings (SSSR count). The molecule has 1 atom stereocenters. The van der Waals surface area contributed by atoms with Crippen molar-refractivity contribution < 1.29 is 19.1 Å². The lowest BCUT2D eigenvalue weighted by atomic mass is 10.0. The standard InChI is InChI=1S/C25H35N5O4/c1-6-34-21(31)8-7-12-28-25(33)23(15(2)3)30-24(32)22(16(4)26)17(5)29-19-10-9-18-11-13-27-20(18)14-19/h9-11,13-15,23,27H,6-8,12,26H2,1-5H3,(H,28,33)(H,30,32)/b22-16+,29-17?. The highest BCUT2D eigenvalue weighted by Crippen LogP contribution is 2.21. The Morgan fingerprint density at radius 2 is 1.91 bits per heavy atom. The Hall–Kier alpha value is -3.62. The van der Waals surface area contributed by atoms with Crippen LogP contribution in [-0.2, 0) is 19.1 Å². The number of carbonyl (C=O) groups excluding carboxylic acids is 3. The fourth-order valence-corrected chi connectivity index (χ4v) is 3.52. The number of rotatable bonds is 11. The molecule has 0 saturated carbocycles. The average molecular weight is 470 g/mol. The molecule has 1 heterocycles. The lowest BCUT2D eigenvalue weighted by Gasteiger charge is -2.23. The van der Waals surface area contributed by atoms with Gasteiger partial charge >= 0.3 is 5.97 Å². The second-order valence-electron chi connectivity index (χ2n) is 8.40. The summed E-state index contributed by atoms with van der Waals surface area (Å²) in [6.07, 6.45) is 2.52. The van der Waals surface area contributed by atoms with Crippen molar-refractivity contribution in [1.82, 2.24) is 15.6 Å². The van der Waals surface area contributed by atoms with Gasteiger partial charge < -0.3 is 26.1 Å². The highest BCUT2D eigenvalue weighted by atomic mass is 16.5. The van der Waals surface area contributed by atoms with Crippen molar-refractivity contribution in [2.75, 3.05) is 13.2 Å². The summed E-state index contributed by atoms with van der Waals surface area (Å²) in [5.41, 5.74) is 8.63. The number of ether oxygens (including phenoxy) is 1. The monoisotopic (exact) mass is 469 g/mol. The molecule has 1 unspecified atom stereocenters. The van der Waals surface area contributed by atoms with Crippen LogP contribution in [0.2, 0.25) is 0 Å². The van der Waals surface area contributed by atoms with Crippen LogP contribution in [0.25, 0.3) is 10.9 Å². The molecule has 2 aromatic rings. The Morgan fingerprint density at radius 1 is 1.18 bits per heavy atom. The molecule has 184 valence electrons. The highest BCUT2D eigenvalue weighted by Gasteiger charge is 2.26. The molecule has 0 fully saturated rings. The number of carbonyl (C=O) groups is 3. The third-order valence-electron chi connectivity index (χ3n) is 5.22. The first-order chi connectivity index (χ1) is 16.1. The molecule has 2 amide bonds. The van der Waals surface area contributed by atoms with Gasteiger partial charge in [-0.3, -0.25) is 19.4 Å². The molecule has 1 aromatic carbocycles. The van der Waals surface area contributed by atoms with Gasteiger partial charge in [-0.25, -0.2) is 0 Å². The second-order valence-corrected chi connectivity index (χ2v) is 8.40. The highest BCUT2D eigenvalue weighted by molar-refractivity contribution is 6.22. The van der Waals surface area contributed by atoms with Crippen LogP contribution in [0, 0.1) is 5.92 Å². The van der Waals surface area contributed by atoms with Gasteiger partial charge in [0.1, 0.15) is 6.04 Å². The van der Waals surface area contributed by atoms with E-state index in [2.05, 4.69) is 20.6 Å². The fraction of sp³-hybridized carbons (Fsp3) is 0.440. The zero-order valence-corrected chi connectivity index (χ0v) is 20.5. The maximum absolute atomic E-state index is 13.1. The molecular formula is C25H35N5O4. The Morgan fingerprint density at radius 3 is 2.56 bits per heavy atom. The number of benzene rings is 1. The summed E-state index contributed by atoms with van der Waals surface area (Å²) in [4.78, 5) is 45.0. The number of H-pyrrole nitrogens is 1. The van der Waals surface area contributed by atoms with E-state index < -0.39 is 11.9 Å². The minimum atomic E-state index is -0.771. The van der Waals surface area contributed by atoms with E-state index in [1.807, 2.05) is 44.3 Å². The molecule has 9 heteroatoms. The molecule has 0 saturated heterocycles. The maximum atomic E-state index is 13.1. The predicted octanol–water partition coefficient (Wildman–Crippen LogP) is 3.09. The van der Waals surface area contributed by atoms with Crippen LogP contribution in [0.15, 0.2) is 46.7 Å². The van der Waals surface area contributed by atoms with Crippen molar-refractivity contribution >= 4 is 40.1 Å². The summed E-state index contributed by atoms with van der Waals surface area (Å²) in [5.74, 6) is -1.26. The van der Waals surface area contributed by atoms with Gasteiger partial charge in [0, 0.05) is 30.4 Å². The van der Waals surface area contributed by atoms with Gasteiger partial charge in [-0.05, 0) is 56.7 Å². The van der Waals surface area contributed by atoms with E-state index in [0.717, 1.165) is 10.9 Å². The average Bonchev–Trinajstić information content (AvgIpc) is 3.22. The minimum absolute atomic E-state index is 0.166. The number of aromatic amines is 1. The molecule has 0 spiro atoms. The van der Waals surface area contributed by atoms with E-state index in [0.29, 0.717) is 36.7 Å². The molecule has 1 aromatic heterocycles. The number of fused-ring (bicyclic) bond motifs is 1. The number of hydrogen-bond donors (Lipinski definition) is 4. The largest absolute Gasteiger partial charge is 0.466 e. The molecule has 5 N–H and O–H groups in total. The summed E-state index contributed by atoms with van der Waals surface area (Å²) in [6, 6.07) is 6.89. The molecule has 0 bridgehead atoms. The number of allylic oxidation sites excluding steroid dienone is 1. The summed E-state index contributed by atoms with van der Waals surface area (Å²) in [6.45, 7) is 9.40. The lowest BCUT2D eigenvalue weighted by Crippen LogP contribution is -2.50. The zero-order valence-electron chi connectivity index (χ0n) is 20.5. The number of nitrogens with zero attached hydrogens (tertiary/aromatic N) is 1. The lowest BCUT2D eigenvalue weighted by molar-refractivity contribution is -0.143. The quantitative estimate of drug-likeness (QED) is 0.173. The maximum Gasteiger partial charge on any atom is 0.305 e. The molecule has 0 aliphatic heterocycles. The van der Waals surface area contributed by atoms with E-state index in [4.69, 9.17) is 10.5 Å². The molecular weight excluding hydrogens is 434 g/mol. The van der Waals surface area contributed by atoms with Crippen LogP contribution in [-0.4, -0.2) is 47.7 Å². The number of amides is 2. The first-order valence-electron chi connectivity index (χ1n) is 11.5. The van der Waals surface area contributed by atoms with Gasteiger partial charge in [-0.1, -0.05) is 19.9 Å². The third-order valence-corrected chi connectivity index (χ3v) is 5.22. The van der Waals surface area contributed by atoms with E-state index >= 15 is 0 Å². The van der Waals surface area contributed by atoms with Gasteiger partial charge in [0.05, 0.1) is 23.6 Å². The number of hydrogen-bond acceptors (Lipinski definition) is 6. The van der Waals surface area contributed by atoms with Crippen LogP contribution >= 0.6 is 0 Å². The first-order valence-corrected chi connectivity index (χ1v) is 11.5. The molecule has 34 heavy (non-hydrogen) atoms. The second kappa shape index (κ2) is 12.6. The summed E-state index contributed by atoms with van der Waals surface area (Å²) in [7, 11) is 0. The van der Waals surface area contributed by atoms with Gasteiger partial charge in [0.2, 0.25) is 5.91 Å². The van der Waals surface area contributed by atoms with Crippen molar-refractivity contribution in [2.24, 2.45) is 16.6 Å². The van der Waals surface area contributed by atoms with Crippen LogP contribution in [0.3, 0.4) is 0 Å². The summed E-state index contributed by atoms with van der Waals surface area (Å²) >= 11 is 0. The Labute approximate surface area is 200 Å². The van der Waals surface area contributed by atoms with Gasteiger partial charge in [-0.15, -0.1) is 0 Å². The molecule has 0 aliphatic carbocycles. The number of nitrogens with one attached hydrogen (secondary N) is 3. The van der Waals surface area contributed by atoms with Crippen LogP contribution < -0.4 is 16.4 Å². The van der Waals surface area contributed by atoms with Gasteiger partial charge in [0.25, 0.3) is 5.91 Å². The van der Waals surface area contributed by atoms with E-state index in [1.165, 1.54) is 0 Å². The predicted molar refractivity (Wildman–Crippen MR) is 134 cm³/mol. The van der Waals surface area contributed by atoms with E-state index in [-0.39, 0.29) is 29.8 Å². The van der Waals surface area contributed by atoms with Crippen LogP contribution in [0.5, 0.6) is 0 Å². The van der Waals surface area contributed by atoms with Crippen LogP contribution in [0.4, 0.5) is 5.69 Å². The van der Waals surface area contributed by atoms with Crippen molar-refractivity contribution in [3.05, 3.63) is 41.7 Å². The van der Waals surface area contributed by atoms with Crippen molar-refractivity contribution in [3.8, 4) is 0 Å². The fourth-order valence-electron chi connectivity index (χ4n) is 3.52. The zero-order chi connectivity index (χ0) is 25.3. The smallest absolute Gasteiger partial charge is 0.305 e. The van der Waals surface area contributed by atoms with Crippen molar-refractivity contribution in [2.45, 2.75) is 53.5 Å².